The fourth-order valence-electron chi connectivity index (χ4n) is 4.54. The van der Waals surface area contributed by atoms with Crippen LogP contribution in [0, 0.1) is 0 Å². The molecule has 2 amide bonds. The van der Waals surface area contributed by atoms with E-state index in [0.717, 1.165) is 9.87 Å². The Morgan fingerprint density at radius 1 is 0.814 bits per heavy atom. The summed E-state index contributed by atoms with van der Waals surface area (Å²) in [6.45, 7) is 1.47. The molecule has 43 heavy (non-hydrogen) atoms. The van der Waals surface area contributed by atoms with Crippen LogP contribution >= 0.6 is 34.8 Å². The first-order valence-corrected chi connectivity index (χ1v) is 16.1. The number of hydrogen-bond acceptors (Lipinski definition) is 4. The third-order valence-electron chi connectivity index (χ3n) is 6.70. The van der Waals surface area contributed by atoms with Crippen molar-refractivity contribution in [1.29, 1.82) is 0 Å². The number of likely N-dealkylation sites (N-methyl/N-ethyl adjacent to an activating group) is 1. The molecule has 11 heteroatoms. The Balaban J connectivity index is 1.80. The molecule has 224 valence electrons. The molecule has 0 saturated carbocycles. The Morgan fingerprint density at radius 3 is 2.02 bits per heavy atom. The van der Waals surface area contributed by atoms with Crippen LogP contribution in [0.1, 0.15) is 18.1 Å². The normalized spacial score (nSPS) is 11.9. The highest BCUT2D eigenvalue weighted by Crippen LogP contribution is 2.28. The predicted molar refractivity (Wildman–Crippen MR) is 172 cm³/mol. The summed E-state index contributed by atoms with van der Waals surface area (Å²) >= 11 is 18.7. The van der Waals surface area contributed by atoms with E-state index < -0.39 is 28.5 Å². The predicted octanol–water partition coefficient (Wildman–Crippen LogP) is 6.62. The first-order valence-electron chi connectivity index (χ1n) is 13.5. The first kappa shape index (κ1) is 32.4. The van der Waals surface area contributed by atoms with Gasteiger partial charge in [-0.05, 0) is 66.6 Å². The molecule has 0 aromatic heterocycles. The van der Waals surface area contributed by atoms with Gasteiger partial charge in [-0.15, -0.1) is 0 Å². The van der Waals surface area contributed by atoms with E-state index >= 15 is 0 Å². The van der Waals surface area contributed by atoms with Crippen LogP contribution in [0.2, 0.25) is 15.1 Å². The number of benzene rings is 4. The van der Waals surface area contributed by atoms with E-state index in [4.69, 9.17) is 34.8 Å². The second-order valence-corrected chi connectivity index (χ2v) is 12.8. The Bertz CT molecular complexity index is 1650. The lowest BCUT2D eigenvalue weighted by Crippen LogP contribution is -2.53. The zero-order valence-electron chi connectivity index (χ0n) is 23.3. The van der Waals surface area contributed by atoms with Crippen LogP contribution in [-0.4, -0.2) is 44.3 Å². The van der Waals surface area contributed by atoms with Gasteiger partial charge in [-0.2, -0.15) is 0 Å². The van der Waals surface area contributed by atoms with Crippen molar-refractivity contribution in [2.45, 2.75) is 30.8 Å². The lowest BCUT2D eigenvalue weighted by atomic mass is 10.0. The first-order chi connectivity index (χ1) is 20.6. The summed E-state index contributed by atoms with van der Waals surface area (Å²) in [6.07, 6.45) is 0.190. The fraction of sp³-hybridized carbons (Fsp3) is 0.188. The maximum atomic E-state index is 14.3. The van der Waals surface area contributed by atoms with Crippen molar-refractivity contribution in [3.05, 3.63) is 129 Å². The lowest BCUT2D eigenvalue weighted by Gasteiger charge is -2.34. The van der Waals surface area contributed by atoms with E-state index in [2.05, 4.69) is 5.32 Å². The molecular weight excluding hydrogens is 629 g/mol. The molecule has 4 rings (SSSR count). The van der Waals surface area contributed by atoms with E-state index in [9.17, 15) is 18.0 Å². The third-order valence-corrected chi connectivity index (χ3v) is 9.33. The molecule has 7 nitrogen and oxygen atoms in total. The number of carbonyl (C=O) groups is 2. The highest BCUT2D eigenvalue weighted by molar-refractivity contribution is 7.92. The van der Waals surface area contributed by atoms with Gasteiger partial charge in [0.1, 0.15) is 12.6 Å². The van der Waals surface area contributed by atoms with Gasteiger partial charge in [0.05, 0.1) is 10.6 Å². The van der Waals surface area contributed by atoms with Gasteiger partial charge >= 0.3 is 0 Å². The number of sulfonamides is 1. The standard InChI is InChI=1S/C32H30Cl3N3O4S/c1-2-36-32(40)30(19-23-9-5-3-6-10-23)37(21-24-13-14-26(34)20-29(24)35)31(39)22-38(27-17-15-25(33)16-18-27)43(41,42)28-11-7-4-8-12-28/h3-18,20,30H,2,19,21-22H2,1H3,(H,36,40)/t30-/m1/s1. The van der Waals surface area contributed by atoms with Gasteiger partial charge in [0.2, 0.25) is 11.8 Å². The van der Waals surface area contributed by atoms with Crippen molar-refractivity contribution in [2.75, 3.05) is 17.4 Å². The summed E-state index contributed by atoms with van der Waals surface area (Å²) in [7, 11) is -4.20. The average molecular weight is 659 g/mol. The van der Waals surface area contributed by atoms with Crippen molar-refractivity contribution in [1.82, 2.24) is 10.2 Å². The number of nitrogens with one attached hydrogen (secondary N) is 1. The topological polar surface area (TPSA) is 86.8 Å². The van der Waals surface area contributed by atoms with Crippen LogP contribution in [0.3, 0.4) is 0 Å². The minimum Gasteiger partial charge on any atom is -0.355 e. The molecule has 0 unspecified atom stereocenters. The zero-order valence-corrected chi connectivity index (χ0v) is 26.4. The highest BCUT2D eigenvalue weighted by atomic mass is 35.5. The van der Waals surface area contributed by atoms with Crippen molar-refractivity contribution < 1.29 is 18.0 Å². The number of amides is 2. The molecule has 0 spiro atoms. The van der Waals surface area contributed by atoms with Gasteiger partial charge in [0.15, 0.2) is 0 Å². The van der Waals surface area contributed by atoms with E-state index in [1.807, 2.05) is 30.3 Å². The second-order valence-electron chi connectivity index (χ2n) is 9.66. The minimum atomic E-state index is -4.20. The van der Waals surface area contributed by atoms with Gasteiger partial charge in [-0.25, -0.2) is 8.42 Å². The van der Waals surface area contributed by atoms with Crippen molar-refractivity contribution in [3.8, 4) is 0 Å². The maximum Gasteiger partial charge on any atom is 0.264 e. The second kappa shape index (κ2) is 14.8. The van der Waals surface area contributed by atoms with E-state index in [-0.39, 0.29) is 29.5 Å². The van der Waals surface area contributed by atoms with Crippen LogP contribution in [0.5, 0.6) is 0 Å². The molecule has 0 aliphatic rings. The monoisotopic (exact) mass is 657 g/mol. The molecule has 0 bridgehead atoms. The summed E-state index contributed by atoms with van der Waals surface area (Å²) in [5.74, 6) is -0.985. The Kier molecular flexibility index (Phi) is 11.1. The Labute approximate surface area is 267 Å². The zero-order chi connectivity index (χ0) is 31.0. The molecule has 1 atom stereocenters. The van der Waals surface area contributed by atoms with Crippen LogP contribution in [0.25, 0.3) is 0 Å². The number of rotatable bonds is 12. The quantitative estimate of drug-likeness (QED) is 0.185. The SMILES string of the molecule is CCNC(=O)[C@@H](Cc1ccccc1)N(Cc1ccc(Cl)cc1Cl)C(=O)CN(c1ccc(Cl)cc1)S(=O)(=O)c1ccccc1. The summed E-state index contributed by atoms with van der Waals surface area (Å²) in [6, 6.07) is 27.2. The molecule has 0 heterocycles. The van der Waals surface area contributed by atoms with Gasteiger partial charge in [0, 0.05) is 34.6 Å². The molecule has 1 N–H and O–H groups in total. The van der Waals surface area contributed by atoms with Crippen LogP contribution < -0.4 is 9.62 Å². The number of anilines is 1. The van der Waals surface area contributed by atoms with Crippen LogP contribution in [0.15, 0.2) is 108 Å². The lowest BCUT2D eigenvalue weighted by molar-refractivity contribution is -0.140. The summed E-state index contributed by atoms with van der Waals surface area (Å²) in [5.41, 5.74) is 1.61. The van der Waals surface area contributed by atoms with Crippen LogP contribution in [0.4, 0.5) is 5.69 Å². The van der Waals surface area contributed by atoms with E-state index in [1.54, 1.807) is 55.5 Å². The third kappa shape index (κ3) is 8.30. The van der Waals surface area contributed by atoms with Crippen molar-refractivity contribution >= 4 is 62.3 Å². The van der Waals surface area contributed by atoms with Crippen LogP contribution in [-0.2, 0) is 32.6 Å². The molecule has 0 fully saturated rings. The smallest absolute Gasteiger partial charge is 0.264 e. The average Bonchev–Trinajstić information content (AvgIpc) is 3.00. The number of hydrogen-bond donors (Lipinski definition) is 1. The van der Waals surface area contributed by atoms with Gasteiger partial charge in [-0.3, -0.25) is 13.9 Å². The summed E-state index contributed by atoms with van der Waals surface area (Å²) in [5, 5.41) is 3.96. The number of carbonyl (C=O) groups excluding carboxylic acids is 2. The Morgan fingerprint density at radius 2 is 1.42 bits per heavy atom. The minimum absolute atomic E-state index is 0.00890. The summed E-state index contributed by atoms with van der Waals surface area (Å²) in [4.78, 5) is 29.2. The largest absolute Gasteiger partial charge is 0.355 e. The summed E-state index contributed by atoms with van der Waals surface area (Å²) < 4.78 is 28.9. The van der Waals surface area contributed by atoms with Crippen molar-refractivity contribution in [3.63, 3.8) is 0 Å². The molecule has 0 aliphatic carbocycles. The Hall–Kier alpha value is -3.56. The molecule has 0 saturated heterocycles. The fourth-order valence-corrected chi connectivity index (χ4v) is 6.56. The number of halogens is 3. The molecule has 0 radical (unpaired) electrons. The van der Waals surface area contributed by atoms with Gasteiger partial charge in [-0.1, -0.05) is 89.4 Å². The number of nitrogens with zero attached hydrogens (tertiary/aromatic N) is 2. The molecule has 4 aromatic rings. The molecule has 0 aliphatic heterocycles. The van der Waals surface area contributed by atoms with Crippen molar-refractivity contribution in [2.24, 2.45) is 0 Å². The van der Waals surface area contributed by atoms with Gasteiger partial charge < -0.3 is 10.2 Å². The van der Waals surface area contributed by atoms with Gasteiger partial charge in [0.25, 0.3) is 10.0 Å². The van der Waals surface area contributed by atoms with E-state index in [1.165, 1.54) is 29.2 Å². The molecular formula is C32H30Cl3N3O4S. The maximum absolute atomic E-state index is 14.3. The molecule has 4 aromatic carbocycles. The highest BCUT2D eigenvalue weighted by Gasteiger charge is 2.34. The van der Waals surface area contributed by atoms with E-state index in [0.29, 0.717) is 27.2 Å².